The number of likely N-dealkylation sites (N-methyl/N-ethyl adjacent to an activating group) is 1. The van der Waals surface area contributed by atoms with Crippen LogP contribution in [-0.4, -0.2) is 61.8 Å². The number of hydrogen-bond acceptors (Lipinski definition) is 4. The summed E-state index contributed by atoms with van der Waals surface area (Å²) in [7, 11) is -2.70. The number of amides is 1. The number of carbonyl (C=O) groups excluding carboxylic acids is 1. The van der Waals surface area contributed by atoms with E-state index in [9.17, 15) is 26.4 Å². The van der Waals surface area contributed by atoms with Gasteiger partial charge in [-0.1, -0.05) is 11.6 Å². The van der Waals surface area contributed by atoms with Crippen LogP contribution in [0.15, 0.2) is 18.2 Å². The molecule has 1 aromatic rings. The molecule has 1 heterocycles. The Kier molecular flexibility index (Phi) is 6.98. The average molecular weight is 444 g/mol. The number of ether oxygens (including phenoxy) is 1. The fraction of sp³-hybridized carbons (Fsp3) is 0.562. The molecule has 0 aromatic heterocycles. The summed E-state index contributed by atoms with van der Waals surface area (Å²) in [5.41, 5.74) is -1.23. The quantitative estimate of drug-likeness (QED) is 0.758. The smallest absolute Gasteiger partial charge is 0.373 e. The number of anilines is 1. The minimum absolute atomic E-state index is 0.138. The zero-order valence-electron chi connectivity index (χ0n) is 15.5. The second-order valence-electron chi connectivity index (χ2n) is 6.58. The summed E-state index contributed by atoms with van der Waals surface area (Å²) in [6.45, 7) is 3.20. The average Bonchev–Trinajstić information content (AvgIpc) is 2.54. The van der Waals surface area contributed by atoms with E-state index in [2.05, 4.69) is 5.32 Å². The largest absolute Gasteiger partial charge is 0.417 e. The van der Waals surface area contributed by atoms with Crippen molar-refractivity contribution in [3.63, 3.8) is 0 Å². The minimum Gasteiger partial charge on any atom is -0.373 e. The third-order valence-electron chi connectivity index (χ3n) is 4.03. The van der Waals surface area contributed by atoms with Gasteiger partial charge in [-0.15, -0.1) is 0 Å². The standard InChI is InChI=1S/C16H21ClF3N3O4S/c1-10-7-23(8-11(2)27-10)28(25,26)22(3)9-15(24)21-12-4-5-14(17)13(6-12)16(18,19)20/h4-6,10-11H,7-9H2,1-3H3,(H,21,24)/t10-,11-/m1/s1. The number of hydrogen-bond donors (Lipinski definition) is 1. The molecule has 2 rings (SSSR count). The number of nitrogens with one attached hydrogen (secondary N) is 1. The van der Waals surface area contributed by atoms with Crippen LogP contribution in [0, 0.1) is 0 Å². The topological polar surface area (TPSA) is 79.0 Å². The van der Waals surface area contributed by atoms with Gasteiger partial charge in [0.1, 0.15) is 0 Å². The fourth-order valence-electron chi connectivity index (χ4n) is 2.82. The molecule has 0 spiro atoms. The van der Waals surface area contributed by atoms with Crippen molar-refractivity contribution in [2.75, 3.05) is 32.0 Å². The van der Waals surface area contributed by atoms with Crippen molar-refractivity contribution in [3.8, 4) is 0 Å². The van der Waals surface area contributed by atoms with Gasteiger partial charge in [-0.25, -0.2) is 0 Å². The van der Waals surface area contributed by atoms with Crippen molar-refractivity contribution >= 4 is 33.4 Å². The van der Waals surface area contributed by atoms with E-state index in [-0.39, 0.29) is 31.0 Å². The Hall–Kier alpha value is -1.40. The first-order valence-corrected chi connectivity index (χ1v) is 10.1. The molecule has 0 bridgehead atoms. The van der Waals surface area contributed by atoms with E-state index in [1.54, 1.807) is 13.8 Å². The highest BCUT2D eigenvalue weighted by Crippen LogP contribution is 2.36. The van der Waals surface area contributed by atoms with Gasteiger partial charge in [0.2, 0.25) is 5.91 Å². The molecule has 7 nitrogen and oxygen atoms in total. The van der Waals surface area contributed by atoms with Gasteiger partial charge in [0.05, 0.1) is 29.3 Å². The third kappa shape index (κ3) is 5.57. The van der Waals surface area contributed by atoms with Gasteiger partial charge in [0.15, 0.2) is 0 Å². The van der Waals surface area contributed by atoms with E-state index in [1.807, 2.05) is 0 Å². The summed E-state index contributed by atoms with van der Waals surface area (Å²) in [6, 6.07) is 2.91. The predicted octanol–water partition coefficient (Wildman–Crippen LogP) is 2.58. The van der Waals surface area contributed by atoms with Gasteiger partial charge in [0.25, 0.3) is 10.2 Å². The van der Waals surface area contributed by atoms with Crippen molar-refractivity contribution in [2.24, 2.45) is 0 Å². The lowest BCUT2D eigenvalue weighted by Gasteiger charge is -2.36. The number of morpholine rings is 1. The van der Waals surface area contributed by atoms with Crippen molar-refractivity contribution in [3.05, 3.63) is 28.8 Å². The Morgan fingerprint density at radius 3 is 2.43 bits per heavy atom. The molecule has 1 amide bonds. The summed E-state index contributed by atoms with van der Waals surface area (Å²) in [5, 5.41) is 1.76. The molecule has 12 heteroatoms. The molecule has 28 heavy (non-hydrogen) atoms. The number of benzene rings is 1. The molecule has 0 aliphatic carbocycles. The summed E-state index contributed by atoms with van der Waals surface area (Å²) < 4.78 is 71.5. The summed E-state index contributed by atoms with van der Waals surface area (Å²) in [6.07, 6.45) is -5.27. The third-order valence-corrected chi connectivity index (χ3v) is 6.23. The Morgan fingerprint density at radius 2 is 1.89 bits per heavy atom. The lowest BCUT2D eigenvalue weighted by molar-refractivity contribution is -0.137. The van der Waals surface area contributed by atoms with Crippen LogP contribution in [0.4, 0.5) is 18.9 Å². The van der Waals surface area contributed by atoms with Crippen LogP contribution in [0.5, 0.6) is 0 Å². The molecule has 1 aliphatic heterocycles. The Labute approximate surface area is 166 Å². The van der Waals surface area contributed by atoms with Crippen molar-refractivity contribution in [1.29, 1.82) is 0 Å². The normalized spacial score (nSPS) is 21.7. The lowest BCUT2D eigenvalue weighted by Crippen LogP contribution is -2.53. The van der Waals surface area contributed by atoms with Crippen LogP contribution in [0.2, 0.25) is 5.02 Å². The number of halogens is 4. The van der Waals surface area contributed by atoms with Gasteiger partial charge in [-0.3, -0.25) is 4.79 Å². The summed E-state index contributed by atoms with van der Waals surface area (Å²) in [5.74, 6) is -0.782. The maximum absolute atomic E-state index is 12.9. The highest BCUT2D eigenvalue weighted by Gasteiger charge is 2.35. The van der Waals surface area contributed by atoms with Crippen molar-refractivity contribution in [1.82, 2.24) is 8.61 Å². The molecule has 0 radical (unpaired) electrons. The van der Waals surface area contributed by atoms with Gasteiger partial charge >= 0.3 is 6.18 Å². The molecule has 1 fully saturated rings. The van der Waals surface area contributed by atoms with Crippen LogP contribution in [0.3, 0.4) is 0 Å². The van der Waals surface area contributed by atoms with Gasteiger partial charge in [-0.2, -0.15) is 30.2 Å². The van der Waals surface area contributed by atoms with Gasteiger partial charge < -0.3 is 10.1 Å². The fourth-order valence-corrected chi connectivity index (χ4v) is 4.52. The van der Waals surface area contributed by atoms with E-state index in [0.717, 1.165) is 10.4 Å². The van der Waals surface area contributed by atoms with E-state index < -0.39 is 39.4 Å². The Morgan fingerprint density at radius 1 is 1.32 bits per heavy atom. The van der Waals surface area contributed by atoms with E-state index in [4.69, 9.17) is 16.3 Å². The Balaban J connectivity index is 2.06. The predicted molar refractivity (Wildman–Crippen MR) is 98.2 cm³/mol. The zero-order valence-corrected chi connectivity index (χ0v) is 17.0. The molecule has 0 unspecified atom stereocenters. The van der Waals surface area contributed by atoms with Gasteiger partial charge in [-0.05, 0) is 32.0 Å². The van der Waals surface area contributed by atoms with Crippen LogP contribution in [0.25, 0.3) is 0 Å². The van der Waals surface area contributed by atoms with Crippen molar-refractivity contribution in [2.45, 2.75) is 32.2 Å². The Bertz CT molecular complexity index is 825. The lowest BCUT2D eigenvalue weighted by atomic mass is 10.2. The first-order chi connectivity index (χ1) is 12.8. The van der Waals surface area contributed by atoms with Gasteiger partial charge in [0, 0.05) is 25.8 Å². The second-order valence-corrected chi connectivity index (χ2v) is 9.02. The molecule has 158 valence electrons. The number of nitrogens with zero attached hydrogens (tertiary/aromatic N) is 2. The first-order valence-electron chi connectivity index (χ1n) is 8.34. The minimum atomic E-state index is -4.68. The zero-order chi connectivity index (χ0) is 21.3. The highest BCUT2D eigenvalue weighted by molar-refractivity contribution is 7.86. The molecule has 1 saturated heterocycles. The van der Waals surface area contributed by atoms with Crippen LogP contribution < -0.4 is 5.32 Å². The monoisotopic (exact) mass is 443 g/mol. The number of carbonyl (C=O) groups is 1. The molecule has 1 aliphatic rings. The highest BCUT2D eigenvalue weighted by atomic mass is 35.5. The number of alkyl halides is 3. The molecular weight excluding hydrogens is 423 g/mol. The summed E-state index contributed by atoms with van der Waals surface area (Å²) >= 11 is 5.54. The van der Waals surface area contributed by atoms with E-state index >= 15 is 0 Å². The maximum atomic E-state index is 12.9. The number of rotatable bonds is 5. The second kappa shape index (κ2) is 8.54. The molecule has 2 atom stereocenters. The van der Waals surface area contributed by atoms with Crippen molar-refractivity contribution < 1.29 is 31.1 Å². The van der Waals surface area contributed by atoms with Crippen LogP contribution >= 0.6 is 11.6 Å². The molecule has 1 N–H and O–H groups in total. The molecular formula is C16H21ClF3N3O4S. The summed E-state index contributed by atoms with van der Waals surface area (Å²) in [4.78, 5) is 12.2. The van der Waals surface area contributed by atoms with E-state index in [1.165, 1.54) is 17.4 Å². The molecule has 0 saturated carbocycles. The molecule has 1 aromatic carbocycles. The maximum Gasteiger partial charge on any atom is 0.417 e. The first kappa shape index (κ1) is 22.9. The van der Waals surface area contributed by atoms with Crippen LogP contribution in [0.1, 0.15) is 19.4 Å². The van der Waals surface area contributed by atoms with Crippen LogP contribution in [-0.2, 0) is 25.9 Å². The SMILES string of the molecule is C[C@@H]1CN(S(=O)(=O)N(C)CC(=O)Nc2ccc(Cl)c(C(F)(F)F)c2)C[C@@H](C)O1. The van der Waals surface area contributed by atoms with E-state index in [0.29, 0.717) is 6.07 Å².